The lowest BCUT2D eigenvalue weighted by Crippen LogP contribution is -2.19. The number of hydrogen-bond donors (Lipinski definition) is 1. The molecule has 1 aliphatic carbocycles. The number of carbonyl (C=O) groups is 1. The number of Topliss-reactive ketones (excluding diaryl/α,β-unsaturated/α-hetero) is 1. The standard InChI is InChI=1S/C14H18O2/c1-10(15)9-12-7-4-6-11-5-2-3-8-13(11)14(12)16/h2-3,5,8,10,12,15H,4,6-7,9H2,1H3. The summed E-state index contributed by atoms with van der Waals surface area (Å²) in [5, 5.41) is 9.41. The average Bonchev–Trinajstić information content (AvgIpc) is 2.40. The first-order valence-corrected chi connectivity index (χ1v) is 5.98. The maximum absolute atomic E-state index is 12.3. The molecule has 1 aromatic carbocycles. The minimum atomic E-state index is -0.390. The fourth-order valence-electron chi connectivity index (χ4n) is 2.51. The minimum Gasteiger partial charge on any atom is -0.393 e. The molecule has 0 saturated carbocycles. The number of rotatable bonds is 2. The van der Waals surface area contributed by atoms with Gasteiger partial charge >= 0.3 is 0 Å². The first-order chi connectivity index (χ1) is 7.68. The number of benzene rings is 1. The molecule has 16 heavy (non-hydrogen) atoms. The quantitative estimate of drug-likeness (QED) is 0.775. The topological polar surface area (TPSA) is 37.3 Å². The molecule has 1 aliphatic rings. The summed E-state index contributed by atoms with van der Waals surface area (Å²) in [5.41, 5.74) is 2.03. The molecule has 2 unspecified atom stereocenters. The van der Waals surface area contributed by atoms with Crippen molar-refractivity contribution in [3.8, 4) is 0 Å². The molecular weight excluding hydrogens is 200 g/mol. The third-order valence-electron chi connectivity index (χ3n) is 3.28. The van der Waals surface area contributed by atoms with Gasteiger partial charge in [-0.05, 0) is 38.2 Å². The van der Waals surface area contributed by atoms with Crippen LogP contribution in [0.5, 0.6) is 0 Å². The second-order valence-electron chi connectivity index (χ2n) is 4.70. The summed E-state index contributed by atoms with van der Waals surface area (Å²) in [4.78, 5) is 12.3. The highest BCUT2D eigenvalue weighted by atomic mass is 16.3. The highest BCUT2D eigenvalue weighted by Crippen LogP contribution is 2.27. The van der Waals surface area contributed by atoms with Crippen LogP contribution in [-0.2, 0) is 6.42 Å². The Labute approximate surface area is 96.3 Å². The van der Waals surface area contributed by atoms with E-state index in [0.717, 1.165) is 24.8 Å². The minimum absolute atomic E-state index is 0.00338. The molecule has 2 rings (SSSR count). The van der Waals surface area contributed by atoms with E-state index >= 15 is 0 Å². The van der Waals surface area contributed by atoms with Crippen molar-refractivity contribution < 1.29 is 9.90 Å². The molecular formula is C14H18O2. The molecule has 2 heteroatoms. The van der Waals surface area contributed by atoms with Crippen LogP contribution in [0.4, 0.5) is 0 Å². The van der Waals surface area contributed by atoms with Crippen LogP contribution in [0, 0.1) is 5.92 Å². The van der Waals surface area contributed by atoms with E-state index in [9.17, 15) is 9.90 Å². The van der Waals surface area contributed by atoms with E-state index in [2.05, 4.69) is 0 Å². The van der Waals surface area contributed by atoms with Crippen LogP contribution < -0.4 is 0 Å². The first-order valence-electron chi connectivity index (χ1n) is 5.98. The van der Waals surface area contributed by atoms with E-state index in [1.54, 1.807) is 6.92 Å². The van der Waals surface area contributed by atoms with Crippen molar-refractivity contribution >= 4 is 5.78 Å². The summed E-state index contributed by atoms with van der Waals surface area (Å²) in [6, 6.07) is 7.86. The van der Waals surface area contributed by atoms with Crippen LogP contribution in [0.15, 0.2) is 24.3 Å². The number of carbonyl (C=O) groups excluding carboxylic acids is 1. The van der Waals surface area contributed by atoms with Gasteiger partial charge in [-0.2, -0.15) is 0 Å². The number of hydrogen-bond acceptors (Lipinski definition) is 2. The molecule has 0 spiro atoms. The largest absolute Gasteiger partial charge is 0.393 e. The molecule has 1 N–H and O–H groups in total. The lowest BCUT2D eigenvalue weighted by atomic mass is 9.90. The van der Waals surface area contributed by atoms with Crippen LogP contribution in [0.3, 0.4) is 0 Å². The summed E-state index contributed by atoms with van der Waals surface area (Å²) in [7, 11) is 0. The summed E-state index contributed by atoms with van der Waals surface area (Å²) in [5.74, 6) is 0.220. The van der Waals surface area contributed by atoms with Gasteiger partial charge in [-0.25, -0.2) is 0 Å². The lowest BCUT2D eigenvalue weighted by molar-refractivity contribution is 0.0844. The van der Waals surface area contributed by atoms with E-state index in [0.29, 0.717) is 6.42 Å². The van der Waals surface area contributed by atoms with Crippen molar-refractivity contribution in [2.45, 2.75) is 38.7 Å². The number of aliphatic hydroxyl groups excluding tert-OH is 1. The van der Waals surface area contributed by atoms with Gasteiger partial charge in [0.05, 0.1) is 6.10 Å². The molecule has 0 saturated heterocycles. The normalized spacial score (nSPS) is 22.4. The predicted octanol–water partition coefficient (Wildman–Crippen LogP) is 2.59. The molecule has 2 nitrogen and oxygen atoms in total. The van der Waals surface area contributed by atoms with Crippen molar-refractivity contribution in [1.82, 2.24) is 0 Å². The molecule has 86 valence electrons. The Morgan fingerprint density at radius 2 is 2.19 bits per heavy atom. The zero-order chi connectivity index (χ0) is 11.5. The van der Waals surface area contributed by atoms with Crippen molar-refractivity contribution in [1.29, 1.82) is 0 Å². The van der Waals surface area contributed by atoms with Crippen LogP contribution in [0.1, 0.15) is 42.1 Å². The molecule has 0 fully saturated rings. The number of aryl methyl sites for hydroxylation is 1. The second-order valence-corrected chi connectivity index (χ2v) is 4.70. The highest BCUT2D eigenvalue weighted by molar-refractivity contribution is 5.99. The molecule has 0 radical (unpaired) electrons. The van der Waals surface area contributed by atoms with Crippen molar-refractivity contribution in [3.63, 3.8) is 0 Å². The van der Waals surface area contributed by atoms with Crippen LogP contribution in [0.25, 0.3) is 0 Å². The summed E-state index contributed by atoms with van der Waals surface area (Å²) >= 11 is 0. The predicted molar refractivity (Wildman–Crippen MR) is 63.5 cm³/mol. The summed E-state index contributed by atoms with van der Waals surface area (Å²) < 4.78 is 0. The van der Waals surface area contributed by atoms with Crippen LogP contribution in [0.2, 0.25) is 0 Å². The number of ketones is 1. The zero-order valence-corrected chi connectivity index (χ0v) is 9.65. The molecule has 0 bridgehead atoms. The van der Waals surface area contributed by atoms with Gasteiger partial charge < -0.3 is 5.11 Å². The van der Waals surface area contributed by atoms with Gasteiger partial charge in [0.1, 0.15) is 0 Å². The maximum atomic E-state index is 12.3. The highest BCUT2D eigenvalue weighted by Gasteiger charge is 2.25. The van der Waals surface area contributed by atoms with E-state index in [4.69, 9.17) is 0 Å². The first kappa shape index (κ1) is 11.3. The Morgan fingerprint density at radius 1 is 1.44 bits per heavy atom. The van der Waals surface area contributed by atoms with Gasteiger partial charge in [0, 0.05) is 11.5 Å². The lowest BCUT2D eigenvalue weighted by Gasteiger charge is -2.15. The Hall–Kier alpha value is -1.15. The van der Waals surface area contributed by atoms with E-state index < -0.39 is 0 Å². The van der Waals surface area contributed by atoms with Crippen molar-refractivity contribution in [3.05, 3.63) is 35.4 Å². The van der Waals surface area contributed by atoms with E-state index in [-0.39, 0.29) is 17.8 Å². The SMILES string of the molecule is CC(O)CC1CCCc2ccccc2C1=O. The number of aliphatic hydroxyl groups is 1. The fraction of sp³-hybridized carbons (Fsp3) is 0.500. The van der Waals surface area contributed by atoms with Gasteiger partial charge in [0.25, 0.3) is 0 Å². The Kier molecular flexibility index (Phi) is 3.39. The third kappa shape index (κ3) is 2.33. The molecule has 0 aromatic heterocycles. The maximum Gasteiger partial charge on any atom is 0.166 e. The van der Waals surface area contributed by atoms with Gasteiger partial charge in [-0.1, -0.05) is 24.3 Å². The third-order valence-corrected chi connectivity index (χ3v) is 3.28. The second kappa shape index (κ2) is 4.79. The summed E-state index contributed by atoms with van der Waals surface area (Å²) in [6.07, 6.45) is 3.13. The van der Waals surface area contributed by atoms with Crippen molar-refractivity contribution in [2.75, 3.05) is 0 Å². The van der Waals surface area contributed by atoms with E-state index in [1.807, 2.05) is 24.3 Å². The van der Waals surface area contributed by atoms with E-state index in [1.165, 1.54) is 5.56 Å². The Bertz CT molecular complexity index is 382. The molecule has 0 amide bonds. The van der Waals surface area contributed by atoms with Gasteiger partial charge in [-0.15, -0.1) is 0 Å². The Balaban J connectivity index is 2.26. The van der Waals surface area contributed by atoms with Gasteiger partial charge in [0.15, 0.2) is 5.78 Å². The molecule has 0 heterocycles. The Morgan fingerprint density at radius 3 is 2.94 bits per heavy atom. The molecule has 1 aromatic rings. The molecule has 0 aliphatic heterocycles. The van der Waals surface area contributed by atoms with Gasteiger partial charge in [0.2, 0.25) is 0 Å². The van der Waals surface area contributed by atoms with Crippen LogP contribution in [-0.4, -0.2) is 17.0 Å². The zero-order valence-electron chi connectivity index (χ0n) is 9.65. The van der Waals surface area contributed by atoms with Gasteiger partial charge in [-0.3, -0.25) is 4.79 Å². The molecule has 2 atom stereocenters. The monoisotopic (exact) mass is 218 g/mol. The van der Waals surface area contributed by atoms with Crippen LogP contribution >= 0.6 is 0 Å². The number of fused-ring (bicyclic) bond motifs is 1. The average molecular weight is 218 g/mol. The fourth-order valence-corrected chi connectivity index (χ4v) is 2.51. The smallest absolute Gasteiger partial charge is 0.166 e. The summed E-state index contributed by atoms with van der Waals surface area (Å²) in [6.45, 7) is 1.75. The van der Waals surface area contributed by atoms with Crippen molar-refractivity contribution in [2.24, 2.45) is 5.92 Å².